The summed E-state index contributed by atoms with van der Waals surface area (Å²) in [6, 6.07) is 18.6. The highest BCUT2D eigenvalue weighted by Crippen LogP contribution is 2.30. The molecule has 1 aromatic heterocycles. The van der Waals surface area contributed by atoms with Gasteiger partial charge in [-0.1, -0.05) is 24.3 Å². The molecular formula is C29H37N5O3. The number of methoxy groups -OCH3 is 1. The Kier molecular flexibility index (Phi) is 8.06. The molecule has 2 aliphatic heterocycles. The second-order valence-electron chi connectivity index (χ2n) is 9.97. The number of rotatable bonds is 9. The first-order valence-electron chi connectivity index (χ1n) is 13.2. The van der Waals surface area contributed by atoms with Crippen LogP contribution < -0.4 is 14.8 Å². The van der Waals surface area contributed by atoms with Crippen LogP contribution in [-0.2, 0) is 17.9 Å². The minimum Gasteiger partial charge on any atom is -0.496 e. The number of hydrogen-bond acceptors (Lipinski definition) is 6. The van der Waals surface area contributed by atoms with E-state index in [2.05, 4.69) is 38.4 Å². The van der Waals surface area contributed by atoms with Crippen LogP contribution in [0.1, 0.15) is 30.4 Å². The summed E-state index contributed by atoms with van der Waals surface area (Å²) in [6.45, 7) is 4.39. The van der Waals surface area contributed by atoms with Gasteiger partial charge in [0.05, 0.1) is 19.7 Å². The zero-order valence-corrected chi connectivity index (χ0v) is 21.8. The van der Waals surface area contributed by atoms with Crippen LogP contribution in [0.5, 0.6) is 11.5 Å². The number of aromatic nitrogens is 2. The first-order chi connectivity index (χ1) is 18.1. The fourth-order valence-electron chi connectivity index (χ4n) is 5.72. The molecule has 3 heterocycles. The highest BCUT2D eigenvalue weighted by Gasteiger charge is 2.41. The molecule has 8 heteroatoms. The molecule has 2 aliphatic rings. The summed E-state index contributed by atoms with van der Waals surface area (Å²) in [5.41, 5.74) is 2.41. The summed E-state index contributed by atoms with van der Waals surface area (Å²) in [4.78, 5) is 17.6. The van der Waals surface area contributed by atoms with Gasteiger partial charge in [-0.15, -0.1) is 0 Å². The molecule has 0 radical (unpaired) electrons. The largest absolute Gasteiger partial charge is 0.496 e. The Morgan fingerprint density at radius 1 is 1.08 bits per heavy atom. The molecule has 2 saturated heterocycles. The van der Waals surface area contributed by atoms with Crippen LogP contribution in [0.15, 0.2) is 67.0 Å². The monoisotopic (exact) mass is 503 g/mol. The number of likely N-dealkylation sites (N-methyl/N-ethyl adjacent to an activating group) is 1. The van der Waals surface area contributed by atoms with E-state index in [1.165, 1.54) is 5.56 Å². The van der Waals surface area contributed by atoms with Gasteiger partial charge in [0.1, 0.15) is 17.6 Å². The smallest absolute Gasteiger partial charge is 0.237 e. The van der Waals surface area contributed by atoms with Crippen LogP contribution in [0.3, 0.4) is 0 Å². The van der Waals surface area contributed by atoms with E-state index in [0.29, 0.717) is 12.6 Å². The maximum absolute atomic E-state index is 12.7. The number of hydrogen-bond donors (Lipinski definition) is 1. The highest BCUT2D eigenvalue weighted by atomic mass is 16.5. The Labute approximate surface area is 219 Å². The van der Waals surface area contributed by atoms with Crippen molar-refractivity contribution in [2.75, 3.05) is 33.8 Å². The quantitative estimate of drug-likeness (QED) is 0.484. The first kappa shape index (κ1) is 25.3. The molecule has 2 fully saturated rings. The minimum atomic E-state index is -0.137. The van der Waals surface area contributed by atoms with Crippen molar-refractivity contribution in [1.29, 1.82) is 0 Å². The van der Waals surface area contributed by atoms with Crippen molar-refractivity contribution >= 4 is 5.91 Å². The van der Waals surface area contributed by atoms with Gasteiger partial charge in [0.15, 0.2) is 0 Å². The van der Waals surface area contributed by atoms with Crippen LogP contribution in [-0.4, -0.2) is 77.5 Å². The van der Waals surface area contributed by atoms with Crippen molar-refractivity contribution in [3.05, 3.63) is 78.1 Å². The van der Waals surface area contributed by atoms with Crippen LogP contribution in [0.25, 0.3) is 0 Å². The molecule has 1 N–H and O–H groups in total. The van der Waals surface area contributed by atoms with Gasteiger partial charge in [0, 0.05) is 50.6 Å². The number of ether oxygens (including phenoxy) is 2. The van der Waals surface area contributed by atoms with Crippen molar-refractivity contribution in [2.24, 2.45) is 0 Å². The lowest BCUT2D eigenvalue weighted by atomic mass is 10.0. The molecule has 0 spiro atoms. The molecule has 0 saturated carbocycles. The predicted octanol–water partition coefficient (Wildman–Crippen LogP) is 3.17. The number of piperidine rings is 1. The standard InChI is InChI=1S/C29H37N5O3/c1-30-29(35)27-18-26(37-25-7-4-3-5-8-25)21-34(27)24-11-15-32(16-12-24)19-22-9-10-28(36-2)23(17-22)20-33-14-6-13-31-33/h3-10,13-14,17,24,26-27H,11-12,15-16,18-21H2,1-2H3,(H,30,35)/t26-,27-/m0/s1. The number of amides is 1. The van der Waals surface area contributed by atoms with Gasteiger partial charge in [-0.3, -0.25) is 19.3 Å². The molecule has 196 valence electrons. The van der Waals surface area contributed by atoms with Crippen molar-refractivity contribution in [3.8, 4) is 11.5 Å². The zero-order chi connectivity index (χ0) is 25.6. The fraction of sp³-hybridized carbons (Fsp3) is 0.448. The number of nitrogens with one attached hydrogen (secondary N) is 1. The summed E-state index contributed by atoms with van der Waals surface area (Å²) < 4.78 is 13.7. The number of nitrogens with zero attached hydrogens (tertiary/aromatic N) is 4. The van der Waals surface area contributed by atoms with Crippen LogP contribution in [0.4, 0.5) is 0 Å². The Morgan fingerprint density at radius 3 is 2.59 bits per heavy atom. The van der Waals surface area contributed by atoms with Crippen molar-refractivity contribution in [3.63, 3.8) is 0 Å². The lowest BCUT2D eigenvalue weighted by Crippen LogP contribution is -2.50. The molecule has 1 amide bonds. The Morgan fingerprint density at radius 2 is 1.89 bits per heavy atom. The van der Waals surface area contributed by atoms with Crippen LogP contribution in [0.2, 0.25) is 0 Å². The van der Waals surface area contributed by atoms with Crippen LogP contribution in [0, 0.1) is 0 Å². The molecule has 5 rings (SSSR count). The summed E-state index contributed by atoms with van der Waals surface area (Å²) in [5.74, 6) is 1.84. The lowest BCUT2D eigenvalue weighted by Gasteiger charge is -2.38. The van der Waals surface area contributed by atoms with Crippen LogP contribution >= 0.6 is 0 Å². The maximum atomic E-state index is 12.7. The number of carbonyl (C=O) groups excluding carboxylic acids is 1. The van der Waals surface area contributed by atoms with E-state index in [-0.39, 0.29) is 18.1 Å². The Bertz CT molecular complexity index is 1150. The SMILES string of the molecule is CNC(=O)[C@@H]1C[C@H](Oc2ccccc2)CN1C1CCN(Cc2ccc(OC)c(Cn3cccn3)c2)CC1. The molecule has 0 bridgehead atoms. The number of likely N-dealkylation sites (tertiary alicyclic amines) is 2. The van der Waals surface area contributed by atoms with Crippen molar-refractivity contribution in [2.45, 2.75) is 50.5 Å². The van der Waals surface area contributed by atoms with Gasteiger partial charge in [0.25, 0.3) is 0 Å². The van der Waals surface area contributed by atoms with E-state index in [9.17, 15) is 4.79 Å². The first-order valence-corrected chi connectivity index (χ1v) is 13.2. The van der Waals surface area contributed by atoms with Crippen molar-refractivity contribution in [1.82, 2.24) is 24.9 Å². The third-order valence-corrected chi connectivity index (χ3v) is 7.56. The van der Waals surface area contributed by atoms with E-state index < -0.39 is 0 Å². The molecule has 2 aromatic carbocycles. The average molecular weight is 504 g/mol. The summed E-state index contributed by atoms with van der Waals surface area (Å²) in [6.07, 6.45) is 6.60. The van der Waals surface area contributed by atoms with Gasteiger partial charge in [-0.25, -0.2) is 0 Å². The summed E-state index contributed by atoms with van der Waals surface area (Å²) >= 11 is 0. The fourth-order valence-corrected chi connectivity index (χ4v) is 5.72. The lowest BCUT2D eigenvalue weighted by molar-refractivity contribution is -0.126. The Hall–Kier alpha value is -3.36. The molecule has 3 aromatic rings. The van der Waals surface area contributed by atoms with E-state index in [0.717, 1.165) is 62.5 Å². The second kappa shape index (κ2) is 11.8. The van der Waals surface area contributed by atoms with E-state index in [1.54, 1.807) is 20.4 Å². The predicted molar refractivity (Wildman–Crippen MR) is 143 cm³/mol. The van der Waals surface area contributed by atoms with Crippen molar-refractivity contribution < 1.29 is 14.3 Å². The zero-order valence-electron chi connectivity index (χ0n) is 21.8. The van der Waals surface area contributed by atoms with E-state index in [4.69, 9.17) is 9.47 Å². The van der Waals surface area contributed by atoms with Gasteiger partial charge in [-0.2, -0.15) is 5.10 Å². The minimum absolute atomic E-state index is 0.0234. The molecule has 37 heavy (non-hydrogen) atoms. The number of benzene rings is 2. The van der Waals surface area contributed by atoms with Gasteiger partial charge >= 0.3 is 0 Å². The topological polar surface area (TPSA) is 71.9 Å². The summed E-state index contributed by atoms with van der Waals surface area (Å²) in [7, 11) is 3.44. The maximum Gasteiger partial charge on any atom is 0.237 e. The molecule has 0 aliphatic carbocycles. The Balaban J connectivity index is 1.19. The van der Waals surface area contributed by atoms with E-state index in [1.807, 2.05) is 47.3 Å². The van der Waals surface area contributed by atoms with E-state index >= 15 is 0 Å². The average Bonchev–Trinajstić information content (AvgIpc) is 3.60. The molecular weight excluding hydrogens is 466 g/mol. The third kappa shape index (κ3) is 6.14. The van der Waals surface area contributed by atoms with Gasteiger partial charge in [-0.05, 0) is 61.8 Å². The third-order valence-electron chi connectivity index (χ3n) is 7.56. The second-order valence-corrected chi connectivity index (χ2v) is 9.97. The number of para-hydroxylation sites is 1. The molecule has 2 atom stereocenters. The normalized spacial score (nSPS) is 21.1. The molecule has 8 nitrogen and oxygen atoms in total. The highest BCUT2D eigenvalue weighted by molar-refractivity contribution is 5.82. The van der Waals surface area contributed by atoms with Gasteiger partial charge < -0.3 is 14.8 Å². The van der Waals surface area contributed by atoms with Gasteiger partial charge in [0.2, 0.25) is 5.91 Å². The summed E-state index contributed by atoms with van der Waals surface area (Å²) in [5, 5.41) is 7.21. The number of carbonyl (C=O) groups is 1. The molecule has 0 unspecified atom stereocenters.